The minimum absolute atomic E-state index is 0.129. The van der Waals surface area contributed by atoms with E-state index in [1.54, 1.807) is 12.4 Å². The van der Waals surface area contributed by atoms with Gasteiger partial charge in [0, 0.05) is 31.0 Å². The number of carbonyl (C=O) groups is 1. The summed E-state index contributed by atoms with van der Waals surface area (Å²) in [5.41, 5.74) is 3.45. The smallest absolute Gasteiger partial charge is 0.255 e. The van der Waals surface area contributed by atoms with E-state index >= 15 is 0 Å². The van der Waals surface area contributed by atoms with Gasteiger partial charge in [-0.1, -0.05) is 68.5 Å². The van der Waals surface area contributed by atoms with Crippen LogP contribution in [-0.4, -0.2) is 22.4 Å². The first-order valence-electron chi connectivity index (χ1n) is 11.3. The molecule has 31 heavy (non-hydrogen) atoms. The Labute approximate surface area is 184 Å². The SMILES string of the molecule is O=C(NCc1cccnc1)c1ccc(-c2ccccc2)nc1NCCC1CCCCC1. The van der Waals surface area contributed by atoms with Gasteiger partial charge in [-0.05, 0) is 36.1 Å². The van der Waals surface area contributed by atoms with Crippen LogP contribution in [0.4, 0.5) is 5.82 Å². The van der Waals surface area contributed by atoms with E-state index in [-0.39, 0.29) is 5.91 Å². The fourth-order valence-corrected chi connectivity index (χ4v) is 4.20. The van der Waals surface area contributed by atoms with Crippen LogP contribution in [0, 0.1) is 5.92 Å². The number of nitrogens with zero attached hydrogens (tertiary/aromatic N) is 2. The van der Waals surface area contributed by atoms with Gasteiger partial charge in [0.05, 0.1) is 11.3 Å². The third-order valence-electron chi connectivity index (χ3n) is 5.96. The highest BCUT2D eigenvalue weighted by Gasteiger charge is 2.16. The van der Waals surface area contributed by atoms with Crippen LogP contribution in [0.2, 0.25) is 0 Å². The molecule has 2 heterocycles. The Hall–Kier alpha value is -3.21. The molecule has 0 bridgehead atoms. The van der Waals surface area contributed by atoms with Crippen molar-refractivity contribution >= 4 is 11.7 Å². The summed E-state index contributed by atoms with van der Waals surface area (Å²) < 4.78 is 0. The van der Waals surface area contributed by atoms with E-state index in [1.165, 1.54) is 32.1 Å². The number of hydrogen-bond donors (Lipinski definition) is 2. The average Bonchev–Trinajstić information content (AvgIpc) is 2.84. The van der Waals surface area contributed by atoms with Gasteiger partial charge in [0.1, 0.15) is 5.82 Å². The van der Waals surface area contributed by atoms with Crippen LogP contribution in [0.5, 0.6) is 0 Å². The number of hydrogen-bond acceptors (Lipinski definition) is 4. The molecule has 5 nitrogen and oxygen atoms in total. The molecular weight excluding hydrogens is 384 g/mol. The predicted molar refractivity (Wildman–Crippen MR) is 125 cm³/mol. The van der Waals surface area contributed by atoms with Gasteiger partial charge in [-0.25, -0.2) is 4.98 Å². The molecule has 2 N–H and O–H groups in total. The van der Waals surface area contributed by atoms with Gasteiger partial charge < -0.3 is 10.6 Å². The van der Waals surface area contributed by atoms with Gasteiger partial charge in [0.25, 0.3) is 5.91 Å². The van der Waals surface area contributed by atoms with E-state index in [1.807, 2.05) is 54.6 Å². The van der Waals surface area contributed by atoms with Crippen molar-refractivity contribution in [2.45, 2.75) is 45.1 Å². The topological polar surface area (TPSA) is 66.9 Å². The summed E-state index contributed by atoms with van der Waals surface area (Å²) in [6.07, 6.45) is 11.3. The van der Waals surface area contributed by atoms with Gasteiger partial charge in [-0.2, -0.15) is 0 Å². The summed E-state index contributed by atoms with van der Waals surface area (Å²) in [5, 5.41) is 6.46. The number of rotatable bonds is 8. The largest absolute Gasteiger partial charge is 0.369 e. The highest BCUT2D eigenvalue weighted by Crippen LogP contribution is 2.27. The molecule has 0 radical (unpaired) electrons. The maximum atomic E-state index is 12.9. The molecule has 160 valence electrons. The van der Waals surface area contributed by atoms with E-state index in [9.17, 15) is 4.79 Å². The lowest BCUT2D eigenvalue weighted by molar-refractivity contribution is 0.0951. The van der Waals surface area contributed by atoms with Crippen molar-refractivity contribution < 1.29 is 4.79 Å². The lowest BCUT2D eigenvalue weighted by atomic mass is 9.87. The highest BCUT2D eigenvalue weighted by molar-refractivity contribution is 5.99. The molecule has 2 aromatic heterocycles. The maximum Gasteiger partial charge on any atom is 0.255 e. The van der Waals surface area contributed by atoms with Crippen molar-refractivity contribution in [2.75, 3.05) is 11.9 Å². The first-order chi connectivity index (χ1) is 15.3. The quantitative estimate of drug-likeness (QED) is 0.514. The van der Waals surface area contributed by atoms with E-state index in [4.69, 9.17) is 4.98 Å². The number of pyridine rings is 2. The van der Waals surface area contributed by atoms with Crippen LogP contribution in [0.3, 0.4) is 0 Å². The summed E-state index contributed by atoms with van der Waals surface area (Å²) in [5.74, 6) is 1.30. The number of anilines is 1. The van der Waals surface area contributed by atoms with Gasteiger partial charge in [-0.3, -0.25) is 9.78 Å². The minimum Gasteiger partial charge on any atom is -0.369 e. The van der Waals surface area contributed by atoms with Crippen LogP contribution in [0.15, 0.2) is 67.0 Å². The standard InChI is InChI=1S/C26H30N4O/c31-26(29-19-21-10-7-16-27-18-21)23-13-14-24(22-11-5-2-6-12-22)30-25(23)28-17-15-20-8-3-1-4-9-20/h2,5-7,10-14,16,18,20H,1,3-4,8-9,15,17,19H2,(H,28,30)(H,29,31). The number of amides is 1. The third-order valence-corrected chi connectivity index (χ3v) is 5.96. The molecule has 0 aliphatic heterocycles. The second-order valence-electron chi connectivity index (χ2n) is 8.22. The number of nitrogens with one attached hydrogen (secondary N) is 2. The second kappa shape index (κ2) is 10.7. The summed E-state index contributed by atoms with van der Waals surface area (Å²) >= 11 is 0. The van der Waals surface area contributed by atoms with Gasteiger partial charge in [0.2, 0.25) is 0 Å². The Balaban J connectivity index is 1.48. The molecular formula is C26H30N4O. The Morgan fingerprint density at radius 1 is 0.968 bits per heavy atom. The zero-order valence-corrected chi connectivity index (χ0v) is 17.9. The third kappa shape index (κ3) is 5.91. The van der Waals surface area contributed by atoms with Gasteiger partial charge >= 0.3 is 0 Å². The molecule has 0 spiro atoms. The molecule has 1 amide bonds. The molecule has 1 aliphatic carbocycles. The molecule has 0 saturated heterocycles. The highest BCUT2D eigenvalue weighted by atomic mass is 16.1. The lowest BCUT2D eigenvalue weighted by Gasteiger charge is -2.22. The Bertz CT molecular complexity index is 969. The van der Waals surface area contributed by atoms with Crippen LogP contribution in [0.1, 0.15) is 54.4 Å². The molecule has 1 aromatic carbocycles. The Kier molecular flexibility index (Phi) is 7.27. The van der Waals surface area contributed by atoms with E-state index in [2.05, 4.69) is 15.6 Å². The van der Waals surface area contributed by atoms with Crippen LogP contribution >= 0.6 is 0 Å². The van der Waals surface area contributed by atoms with Crippen molar-refractivity contribution in [1.82, 2.24) is 15.3 Å². The molecule has 4 rings (SSSR count). The molecule has 0 atom stereocenters. The van der Waals surface area contributed by atoms with Crippen LogP contribution in [0.25, 0.3) is 11.3 Å². The van der Waals surface area contributed by atoms with Crippen molar-refractivity contribution in [2.24, 2.45) is 5.92 Å². The van der Waals surface area contributed by atoms with Crippen LogP contribution in [-0.2, 0) is 6.54 Å². The number of benzene rings is 1. The molecule has 1 fully saturated rings. The summed E-state index contributed by atoms with van der Waals surface area (Å²) in [4.78, 5) is 21.9. The Morgan fingerprint density at radius 3 is 2.58 bits per heavy atom. The molecule has 5 heteroatoms. The number of aromatic nitrogens is 2. The zero-order valence-electron chi connectivity index (χ0n) is 17.9. The second-order valence-corrected chi connectivity index (χ2v) is 8.22. The lowest BCUT2D eigenvalue weighted by Crippen LogP contribution is -2.25. The normalized spacial score (nSPS) is 14.2. The van der Waals surface area contributed by atoms with E-state index in [0.29, 0.717) is 17.9 Å². The predicted octanol–water partition coefficient (Wildman–Crippen LogP) is 5.46. The Morgan fingerprint density at radius 2 is 1.81 bits per heavy atom. The van der Waals surface area contributed by atoms with Crippen molar-refractivity contribution in [3.05, 3.63) is 78.1 Å². The summed E-state index contributed by atoms with van der Waals surface area (Å²) in [6, 6.07) is 17.7. The van der Waals surface area contributed by atoms with Crippen molar-refractivity contribution in [1.29, 1.82) is 0 Å². The van der Waals surface area contributed by atoms with Crippen LogP contribution < -0.4 is 10.6 Å². The van der Waals surface area contributed by atoms with Crippen molar-refractivity contribution in [3.8, 4) is 11.3 Å². The zero-order chi connectivity index (χ0) is 21.3. The molecule has 1 aliphatic rings. The van der Waals surface area contributed by atoms with Gasteiger partial charge in [0.15, 0.2) is 0 Å². The van der Waals surface area contributed by atoms with Crippen molar-refractivity contribution in [3.63, 3.8) is 0 Å². The van der Waals surface area contributed by atoms with E-state index in [0.717, 1.165) is 35.7 Å². The maximum absolute atomic E-state index is 12.9. The monoisotopic (exact) mass is 414 g/mol. The average molecular weight is 415 g/mol. The van der Waals surface area contributed by atoms with E-state index < -0.39 is 0 Å². The molecule has 1 saturated carbocycles. The number of carbonyl (C=O) groups excluding carboxylic acids is 1. The molecule has 0 unspecified atom stereocenters. The first-order valence-corrected chi connectivity index (χ1v) is 11.3. The van der Waals surface area contributed by atoms with Gasteiger partial charge in [-0.15, -0.1) is 0 Å². The fourth-order valence-electron chi connectivity index (χ4n) is 4.20. The fraction of sp³-hybridized carbons (Fsp3) is 0.346. The summed E-state index contributed by atoms with van der Waals surface area (Å²) in [7, 11) is 0. The molecule has 3 aromatic rings. The minimum atomic E-state index is -0.129. The summed E-state index contributed by atoms with van der Waals surface area (Å²) in [6.45, 7) is 1.27. The first kappa shape index (κ1) is 21.0.